The molecule has 3 aromatic rings. The van der Waals surface area contributed by atoms with E-state index in [9.17, 15) is 4.79 Å². The van der Waals surface area contributed by atoms with E-state index in [1.807, 2.05) is 25.4 Å². The predicted molar refractivity (Wildman–Crippen MR) is 72.7 cm³/mol. The van der Waals surface area contributed by atoms with Crippen LogP contribution in [0.15, 0.2) is 18.3 Å². The number of ketones is 1. The van der Waals surface area contributed by atoms with Gasteiger partial charge in [-0.05, 0) is 13.0 Å². The second kappa shape index (κ2) is 3.81. The van der Waals surface area contributed by atoms with Crippen molar-refractivity contribution in [1.82, 2.24) is 9.78 Å². The van der Waals surface area contributed by atoms with Crippen molar-refractivity contribution in [2.24, 2.45) is 7.05 Å². The van der Waals surface area contributed by atoms with E-state index in [0.29, 0.717) is 0 Å². The number of aryl methyl sites for hydroxylation is 1. The standard InChI is InChI=1S/C13H12N2O2S/c1-7(16)11-4-8-9-6-14-15(2)13(9)10(17-3)5-12(8)18-11/h4-6H,1-3H3. The zero-order valence-corrected chi connectivity index (χ0v) is 11.2. The van der Waals surface area contributed by atoms with Gasteiger partial charge in [0.2, 0.25) is 0 Å². The van der Waals surface area contributed by atoms with Gasteiger partial charge >= 0.3 is 0 Å². The molecule has 0 bridgehead atoms. The van der Waals surface area contributed by atoms with Crippen LogP contribution < -0.4 is 4.74 Å². The van der Waals surface area contributed by atoms with Crippen molar-refractivity contribution >= 4 is 38.1 Å². The van der Waals surface area contributed by atoms with Gasteiger partial charge < -0.3 is 4.74 Å². The smallest absolute Gasteiger partial charge is 0.169 e. The molecule has 0 N–H and O–H groups in total. The highest BCUT2D eigenvalue weighted by molar-refractivity contribution is 7.21. The van der Waals surface area contributed by atoms with Gasteiger partial charge in [-0.2, -0.15) is 5.10 Å². The van der Waals surface area contributed by atoms with Gasteiger partial charge in [0.15, 0.2) is 5.78 Å². The molecule has 0 aliphatic heterocycles. The van der Waals surface area contributed by atoms with Crippen LogP contribution in [0.2, 0.25) is 0 Å². The number of methoxy groups -OCH3 is 1. The van der Waals surface area contributed by atoms with Crippen LogP contribution in [0.25, 0.3) is 21.0 Å². The SMILES string of the molecule is COc1cc2sc(C(C)=O)cc2c2cnn(C)c12. The molecule has 2 aromatic heterocycles. The first-order valence-electron chi connectivity index (χ1n) is 5.55. The fourth-order valence-corrected chi connectivity index (χ4v) is 3.17. The van der Waals surface area contributed by atoms with E-state index < -0.39 is 0 Å². The number of carbonyl (C=O) groups excluding carboxylic acids is 1. The second-order valence-corrected chi connectivity index (χ2v) is 5.27. The highest BCUT2D eigenvalue weighted by Gasteiger charge is 2.15. The summed E-state index contributed by atoms with van der Waals surface area (Å²) in [5, 5.41) is 6.35. The summed E-state index contributed by atoms with van der Waals surface area (Å²) in [6.07, 6.45) is 1.82. The topological polar surface area (TPSA) is 44.1 Å². The molecule has 0 aliphatic carbocycles. The number of fused-ring (bicyclic) bond motifs is 3. The molecule has 3 rings (SSSR count). The lowest BCUT2D eigenvalue weighted by molar-refractivity contribution is 0.102. The molecule has 0 fully saturated rings. The molecule has 5 heteroatoms. The van der Waals surface area contributed by atoms with Crippen LogP contribution in [0.5, 0.6) is 5.75 Å². The maximum atomic E-state index is 11.5. The van der Waals surface area contributed by atoms with E-state index in [1.165, 1.54) is 11.3 Å². The maximum Gasteiger partial charge on any atom is 0.169 e. The van der Waals surface area contributed by atoms with Gasteiger partial charge in [-0.15, -0.1) is 11.3 Å². The summed E-state index contributed by atoms with van der Waals surface area (Å²) in [4.78, 5) is 12.2. The van der Waals surface area contributed by atoms with E-state index in [0.717, 1.165) is 31.6 Å². The van der Waals surface area contributed by atoms with E-state index in [4.69, 9.17) is 4.74 Å². The Balaban J connectivity index is 2.48. The Morgan fingerprint density at radius 1 is 1.39 bits per heavy atom. The quantitative estimate of drug-likeness (QED) is 0.665. The molecule has 0 aliphatic rings. The van der Waals surface area contributed by atoms with Crippen LogP contribution in [0.1, 0.15) is 16.6 Å². The molecule has 0 unspecified atom stereocenters. The molecule has 0 saturated heterocycles. The summed E-state index contributed by atoms with van der Waals surface area (Å²) in [5.41, 5.74) is 0.956. The normalized spacial score (nSPS) is 11.3. The highest BCUT2D eigenvalue weighted by Crippen LogP contribution is 2.37. The Bertz CT molecular complexity index is 770. The van der Waals surface area contributed by atoms with E-state index in [1.54, 1.807) is 18.7 Å². The molecule has 92 valence electrons. The third kappa shape index (κ3) is 1.44. The number of hydrogen-bond donors (Lipinski definition) is 0. The summed E-state index contributed by atoms with van der Waals surface area (Å²) >= 11 is 1.49. The van der Waals surface area contributed by atoms with Crippen LogP contribution >= 0.6 is 11.3 Å². The fourth-order valence-electron chi connectivity index (χ4n) is 2.17. The minimum atomic E-state index is 0.0900. The third-order valence-electron chi connectivity index (χ3n) is 3.05. The van der Waals surface area contributed by atoms with Crippen LogP contribution in [-0.2, 0) is 7.05 Å². The first-order chi connectivity index (χ1) is 8.61. The zero-order valence-electron chi connectivity index (χ0n) is 10.4. The van der Waals surface area contributed by atoms with Crippen LogP contribution in [0, 0.1) is 0 Å². The summed E-state index contributed by atoms with van der Waals surface area (Å²) in [5.74, 6) is 0.877. The van der Waals surface area contributed by atoms with Crippen molar-refractivity contribution in [2.75, 3.05) is 7.11 Å². The van der Waals surface area contributed by atoms with Crippen LogP contribution in [0.3, 0.4) is 0 Å². The molecule has 18 heavy (non-hydrogen) atoms. The average Bonchev–Trinajstić information content (AvgIpc) is 2.92. The van der Waals surface area contributed by atoms with Gasteiger partial charge in [0.1, 0.15) is 11.3 Å². The number of Topliss-reactive ketones (excluding diaryl/α,β-unsaturated/α-hetero) is 1. The minimum Gasteiger partial charge on any atom is -0.494 e. The van der Waals surface area contributed by atoms with Crippen LogP contribution in [0.4, 0.5) is 0 Å². The molecule has 0 saturated carbocycles. The van der Waals surface area contributed by atoms with Crippen molar-refractivity contribution in [1.29, 1.82) is 0 Å². The van der Waals surface area contributed by atoms with Crippen LogP contribution in [-0.4, -0.2) is 22.7 Å². The van der Waals surface area contributed by atoms with Crippen molar-refractivity contribution in [2.45, 2.75) is 6.92 Å². The number of aromatic nitrogens is 2. The Morgan fingerprint density at radius 2 is 2.17 bits per heavy atom. The second-order valence-electron chi connectivity index (χ2n) is 4.19. The fraction of sp³-hybridized carbons (Fsp3) is 0.231. The number of carbonyl (C=O) groups is 1. The van der Waals surface area contributed by atoms with Crippen molar-refractivity contribution in [3.63, 3.8) is 0 Å². The zero-order chi connectivity index (χ0) is 12.9. The number of hydrogen-bond acceptors (Lipinski definition) is 4. The molecule has 0 atom stereocenters. The molecule has 0 spiro atoms. The van der Waals surface area contributed by atoms with E-state index >= 15 is 0 Å². The predicted octanol–water partition coefficient (Wildman–Crippen LogP) is 3.00. The number of thiophene rings is 1. The Morgan fingerprint density at radius 3 is 2.83 bits per heavy atom. The lowest BCUT2D eigenvalue weighted by atomic mass is 10.1. The van der Waals surface area contributed by atoms with Crippen molar-refractivity contribution in [3.8, 4) is 5.75 Å². The van der Waals surface area contributed by atoms with Gasteiger partial charge in [0.25, 0.3) is 0 Å². The Labute approximate surface area is 108 Å². The van der Waals surface area contributed by atoms with Gasteiger partial charge in [0.05, 0.1) is 18.2 Å². The molecule has 0 amide bonds. The molecular formula is C13H12N2O2S. The monoisotopic (exact) mass is 260 g/mol. The van der Waals surface area contributed by atoms with Crippen molar-refractivity contribution < 1.29 is 9.53 Å². The Kier molecular flexibility index (Phi) is 2.38. The molecule has 0 radical (unpaired) electrons. The summed E-state index contributed by atoms with van der Waals surface area (Å²) in [7, 11) is 3.53. The summed E-state index contributed by atoms with van der Waals surface area (Å²) < 4.78 is 8.25. The number of rotatable bonds is 2. The first kappa shape index (κ1) is 11.2. The summed E-state index contributed by atoms with van der Waals surface area (Å²) in [6, 6.07) is 3.90. The lowest BCUT2D eigenvalue weighted by Crippen LogP contribution is -1.92. The largest absolute Gasteiger partial charge is 0.494 e. The van der Waals surface area contributed by atoms with Crippen molar-refractivity contribution in [3.05, 3.63) is 23.2 Å². The average molecular weight is 260 g/mol. The third-order valence-corrected chi connectivity index (χ3v) is 4.24. The number of ether oxygens (including phenoxy) is 1. The number of nitrogens with zero attached hydrogens (tertiary/aromatic N) is 2. The van der Waals surface area contributed by atoms with Gasteiger partial charge in [-0.3, -0.25) is 9.48 Å². The first-order valence-corrected chi connectivity index (χ1v) is 6.36. The molecule has 2 heterocycles. The molecular weight excluding hydrogens is 248 g/mol. The molecule has 1 aromatic carbocycles. The Hall–Kier alpha value is -1.88. The highest BCUT2D eigenvalue weighted by atomic mass is 32.1. The minimum absolute atomic E-state index is 0.0900. The summed E-state index contributed by atoms with van der Waals surface area (Å²) in [6.45, 7) is 1.59. The maximum absolute atomic E-state index is 11.5. The van der Waals surface area contributed by atoms with E-state index in [-0.39, 0.29) is 5.78 Å². The van der Waals surface area contributed by atoms with E-state index in [2.05, 4.69) is 5.10 Å². The number of benzene rings is 1. The van der Waals surface area contributed by atoms with Gasteiger partial charge in [0, 0.05) is 28.6 Å². The molecule has 4 nitrogen and oxygen atoms in total. The van der Waals surface area contributed by atoms with Gasteiger partial charge in [-0.1, -0.05) is 0 Å². The lowest BCUT2D eigenvalue weighted by Gasteiger charge is -2.04. The van der Waals surface area contributed by atoms with Gasteiger partial charge in [-0.25, -0.2) is 0 Å².